The van der Waals surface area contributed by atoms with Crippen LogP contribution in [0.25, 0.3) is 10.9 Å². The van der Waals surface area contributed by atoms with E-state index in [0.717, 1.165) is 24.9 Å². The van der Waals surface area contributed by atoms with Crippen LogP contribution < -0.4 is 4.90 Å². The van der Waals surface area contributed by atoms with Gasteiger partial charge in [0.25, 0.3) is 0 Å². The largest absolute Gasteiger partial charge is 0.396 e. The molecule has 1 aromatic heterocycles. The maximum Gasteiger partial charge on any atom is 0.142 e. The van der Waals surface area contributed by atoms with Gasteiger partial charge < -0.3 is 15.1 Å². The van der Waals surface area contributed by atoms with E-state index < -0.39 is 17.3 Å². The lowest BCUT2D eigenvalue weighted by molar-refractivity contribution is -0.0898. The van der Waals surface area contributed by atoms with Gasteiger partial charge in [-0.3, -0.25) is 4.98 Å². The smallest absolute Gasteiger partial charge is 0.142 e. The molecule has 1 aliphatic heterocycles. The minimum atomic E-state index is -0.498. The van der Waals surface area contributed by atoms with Crippen LogP contribution in [0.15, 0.2) is 24.4 Å². The molecule has 6 heteroatoms. The second kappa shape index (κ2) is 5.83. The summed E-state index contributed by atoms with van der Waals surface area (Å²) in [5, 5.41) is 21.3. The summed E-state index contributed by atoms with van der Waals surface area (Å²) < 4.78 is 14.0. The van der Waals surface area contributed by atoms with Gasteiger partial charge in [-0.25, -0.2) is 4.39 Å². The fraction of sp³-hybridized carbons (Fsp3) is 0.500. The summed E-state index contributed by atoms with van der Waals surface area (Å²) in [4.78, 5) is 6.44. The monoisotopic (exact) mass is 350 g/mol. The number of anilines is 1. The fourth-order valence-electron chi connectivity index (χ4n) is 4.42. The van der Waals surface area contributed by atoms with Crippen molar-refractivity contribution in [2.45, 2.75) is 25.4 Å². The van der Waals surface area contributed by atoms with Gasteiger partial charge in [-0.2, -0.15) is 0 Å². The van der Waals surface area contributed by atoms with Crippen LogP contribution in [0.3, 0.4) is 0 Å². The number of aliphatic hydroxyl groups is 2. The number of aromatic nitrogens is 1. The molecule has 24 heavy (non-hydrogen) atoms. The SMILES string of the molecule is OCC12CCCC(CN(c3ccnc4cc(Cl)c(F)cc34)C1)C2O. The molecule has 4 nitrogen and oxygen atoms in total. The van der Waals surface area contributed by atoms with Crippen molar-refractivity contribution < 1.29 is 14.6 Å². The van der Waals surface area contributed by atoms with Crippen LogP contribution in [-0.2, 0) is 0 Å². The summed E-state index contributed by atoms with van der Waals surface area (Å²) in [6.07, 6.45) is 3.99. The molecule has 1 saturated carbocycles. The molecule has 128 valence electrons. The van der Waals surface area contributed by atoms with E-state index in [1.807, 2.05) is 6.07 Å². The Balaban J connectivity index is 1.79. The van der Waals surface area contributed by atoms with Crippen LogP contribution in [0.4, 0.5) is 10.1 Å². The quantitative estimate of drug-likeness (QED) is 0.874. The number of hydrogen-bond donors (Lipinski definition) is 2. The Kier molecular flexibility index (Phi) is 3.90. The Morgan fingerprint density at radius 1 is 1.42 bits per heavy atom. The van der Waals surface area contributed by atoms with Crippen LogP contribution in [0.5, 0.6) is 0 Å². The van der Waals surface area contributed by atoms with Gasteiger partial charge in [0.05, 0.1) is 23.3 Å². The highest BCUT2D eigenvalue weighted by atomic mass is 35.5. The van der Waals surface area contributed by atoms with Crippen LogP contribution in [0.1, 0.15) is 19.3 Å². The zero-order chi connectivity index (χ0) is 16.9. The Morgan fingerprint density at radius 3 is 3.04 bits per heavy atom. The summed E-state index contributed by atoms with van der Waals surface area (Å²) in [7, 11) is 0. The number of fused-ring (bicyclic) bond motifs is 3. The average molecular weight is 351 g/mol. The number of benzene rings is 1. The van der Waals surface area contributed by atoms with Gasteiger partial charge in [-0.1, -0.05) is 18.0 Å². The fourth-order valence-corrected chi connectivity index (χ4v) is 4.58. The average Bonchev–Trinajstić information content (AvgIpc) is 2.56. The Labute approximate surface area is 144 Å². The first kappa shape index (κ1) is 16.1. The molecular weight excluding hydrogens is 331 g/mol. The second-order valence-corrected chi connectivity index (χ2v) is 7.52. The van der Waals surface area contributed by atoms with Crippen molar-refractivity contribution in [3.63, 3.8) is 0 Å². The van der Waals surface area contributed by atoms with Gasteiger partial charge in [0.1, 0.15) is 5.82 Å². The van der Waals surface area contributed by atoms with Crippen LogP contribution >= 0.6 is 11.6 Å². The molecule has 0 radical (unpaired) electrons. The van der Waals surface area contributed by atoms with E-state index in [1.54, 1.807) is 6.20 Å². The van der Waals surface area contributed by atoms with Crippen molar-refractivity contribution in [1.29, 1.82) is 0 Å². The molecule has 1 saturated heterocycles. The molecule has 0 amide bonds. The first-order valence-corrected chi connectivity index (χ1v) is 8.69. The molecule has 2 aromatic rings. The Bertz CT molecular complexity index is 787. The summed E-state index contributed by atoms with van der Waals surface area (Å²) >= 11 is 5.87. The number of nitrogens with zero attached hydrogens (tertiary/aromatic N) is 2. The molecular formula is C18H20ClFN2O2. The molecule has 2 N–H and O–H groups in total. The van der Waals surface area contributed by atoms with E-state index in [2.05, 4.69) is 9.88 Å². The first-order valence-electron chi connectivity index (χ1n) is 8.32. The minimum Gasteiger partial charge on any atom is -0.396 e. The molecule has 3 unspecified atom stereocenters. The highest BCUT2D eigenvalue weighted by molar-refractivity contribution is 6.31. The summed E-state index contributed by atoms with van der Waals surface area (Å²) in [5.74, 6) is -0.340. The third-order valence-corrected chi connectivity index (χ3v) is 5.99. The van der Waals surface area contributed by atoms with E-state index in [-0.39, 0.29) is 17.5 Å². The van der Waals surface area contributed by atoms with Crippen molar-refractivity contribution in [3.8, 4) is 0 Å². The molecule has 1 aliphatic carbocycles. The number of aliphatic hydroxyl groups excluding tert-OH is 2. The molecule has 2 aliphatic rings. The van der Waals surface area contributed by atoms with Gasteiger partial charge in [-0.15, -0.1) is 0 Å². The molecule has 2 bridgehead atoms. The Morgan fingerprint density at radius 2 is 2.25 bits per heavy atom. The van der Waals surface area contributed by atoms with Gasteiger partial charge >= 0.3 is 0 Å². The predicted octanol–water partition coefficient (Wildman–Crippen LogP) is 2.99. The number of hydrogen-bond acceptors (Lipinski definition) is 4. The third kappa shape index (κ3) is 2.38. The third-order valence-electron chi connectivity index (χ3n) is 5.70. The lowest BCUT2D eigenvalue weighted by Crippen LogP contribution is -2.60. The highest BCUT2D eigenvalue weighted by Gasteiger charge is 2.49. The maximum atomic E-state index is 14.0. The molecule has 3 atom stereocenters. The number of pyridine rings is 1. The van der Waals surface area contributed by atoms with Gasteiger partial charge in [0.15, 0.2) is 0 Å². The van der Waals surface area contributed by atoms with Gasteiger partial charge in [0.2, 0.25) is 0 Å². The molecule has 2 fully saturated rings. The molecule has 1 aromatic carbocycles. The lowest BCUT2D eigenvalue weighted by atomic mass is 9.64. The van der Waals surface area contributed by atoms with E-state index in [0.29, 0.717) is 24.0 Å². The van der Waals surface area contributed by atoms with Crippen molar-refractivity contribution in [1.82, 2.24) is 4.98 Å². The lowest BCUT2D eigenvalue weighted by Gasteiger charge is -2.53. The van der Waals surface area contributed by atoms with Gasteiger partial charge in [-0.05, 0) is 31.0 Å². The van der Waals surface area contributed by atoms with Gasteiger partial charge in [0, 0.05) is 41.7 Å². The van der Waals surface area contributed by atoms with Crippen LogP contribution in [0.2, 0.25) is 5.02 Å². The van der Waals surface area contributed by atoms with Crippen molar-refractivity contribution in [3.05, 3.63) is 35.2 Å². The first-order chi connectivity index (χ1) is 11.5. The number of rotatable bonds is 2. The minimum absolute atomic E-state index is 0.0373. The topological polar surface area (TPSA) is 56.6 Å². The van der Waals surface area contributed by atoms with Crippen LogP contribution in [-0.4, -0.2) is 41.0 Å². The predicted molar refractivity (Wildman–Crippen MR) is 91.8 cm³/mol. The summed E-state index contributed by atoms with van der Waals surface area (Å²) in [6, 6.07) is 4.83. The van der Waals surface area contributed by atoms with Crippen LogP contribution in [0, 0.1) is 17.2 Å². The van der Waals surface area contributed by atoms with E-state index in [9.17, 15) is 14.6 Å². The van der Waals surface area contributed by atoms with E-state index in [1.165, 1.54) is 12.1 Å². The van der Waals surface area contributed by atoms with Crippen molar-refractivity contribution in [2.75, 3.05) is 24.6 Å². The normalized spacial score (nSPS) is 29.9. The number of piperidine rings is 1. The van der Waals surface area contributed by atoms with E-state index in [4.69, 9.17) is 11.6 Å². The van der Waals surface area contributed by atoms with Crippen molar-refractivity contribution >= 4 is 28.2 Å². The highest BCUT2D eigenvalue weighted by Crippen LogP contribution is 2.46. The maximum absolute atomic E-state index is 14.0. The zero-order valence-electron chi connectivity index (χ0n) is 13.3. The molecule has 4 rings (SSSR count). The summed E-state index contributed by atoms with van der Waals surface area (Å²) in [5.41, 5.74) is 1.03. The molecule has 0 spiro atoms. The van der Waals surface area contributed by atoms with E-state index >= 15 is 0 Å². The molecule has 2 heterocycles. The zero-order valence-corrected chi connectivity index (χ0v) is 14.0. The number of halogens is 2. The Hall–Kier alpha value is -1.43. The standard InChI is InChI=1S/C18H20ClFN2O2/c19-13-7-15-12(6-14(13)20)16(3-5-21-15)22-8-11-2-1-4-18(9-22,10-23)17(11)24/h3,5-7,11,17,23-24H,1-2,4,8-10H2. The second-order valence-electron chi connectivity index (χ2n) is 7.11. The summed E-state index contributed by atoms with van der Waals surface area (Å²) in [6.45, 7) is 1.22. The van der Waals surface area contributed by atoms with Crippen molar-refractivity contribution in [2.24, 2.45) is 11.3 Å².